The van der Waals surface area contributed by atoms with Crippen molar-refractivity contribution in [1.29, 1.82) is 0 Å². The molecule has 0 aliphatic heterocycles. The zero-order valence-corrected chi connectivity index (χ0v) is 17.2. The number of hydrogen-bond donors (Lipinski definition) is 2. The van der Waals surface area contributed by atoms with Crippen molar-refractivity contribution in [1.82, 2.24) is 14.9 Å². The zero-order chi connectivity index (χ0) is 20.3. The molecule has 0 spiro atoms. The van der Waals surface area contributed by atoms with E-state index in [9.17, 15) is 9.59 Å². The van der Waals surface area contributed by atoms with Crippen LogP contribution in [0.1, 0.15) is 12.7 Å². The lowest BCUT2D eigenvalue weighted by molar-refractivity contribution is -0.117. The van der Waals surface area contributed by atoms with E-state index in [2.05, 4.69) is 15.3 Å². The number of carbonyl (C=O) groups is 1. The van der Waals surface area contributed by atoms with E-state index >= 15 is 0 Å². The minimum Gasteiger partial charge on any atom is -0.325 e. The Morgan fingerprint density at radius 1 is 1.11 bits per heavy atom. The predicted molar refractivity (Wildman–Crippen MR) is 113 cm³/mol. The number of carbonyl (C=O) groups excluding carboxylic acids is 1. The van der Waals surface area contributed by atoms with Crippen LogP contribution in [0.5, 0.6) is 0 Å². The van der Waals surface area contributed by atoms with Crippen LogP contribution in [-0.2, 0) is 11.3 Å². The van der Waals surface area contributed by atoms with Crippen molar-refractivity contribution in [2.75, 3.05) is 18.4 Å². The van der Waals surface area contributed by atoms with Crippen molar-refractivity contribution in [2.24, 2.45) is 0 Å². The van der Waals surface area contributed by atoms with Gasteiger partial charge in [0.05, 0.1) is 24.0 Å². The second-order valence-electron chi connectivity index (χ2n) is 6.18. The lowest BCUT2D eigenvalue weighted by atomic mass is 10.2. The van der Waals surface area contributed by atoms with Gasteiger partial charge in [-0.15, -0.1) is 0 Å². The van der Waals surface area contributed by atoms with Crippen LogP contribution in [0.15, 0.2) is 41.2 Å². The number of halogens is 3. The maximum absolute atomic E-state index is 12.4. The molecule has 0 saturated carbocycles. The summed E-state index contributed by atoms with van der Waals surface area (Å²) in [5.41, 5.74) is 0.788. The highest BCUT2D eigenvalue weighted by Gasteiger charge is 2.13. The molecule has 9 heteroatoms. The molecule has 1 aromatic heterocycles. The maximum atomic E-state index is 12.4. The van der Waals surface area contributed by atoms with Crippen LogP contribution in [0.4, 0.5) is 5.69 Å². The Balaban J connectivity index is 1.72. The van der Waals surface area contributed by atoms with Gasteiger partial charge < -0.3 is 10.3 Å². The molecule has 0 radical (unpaired) electrons. The summed E-state index contributed by atoms with van der Waals surface area (Å²) in [6.07, 6.45) is 0. The number of amides is 1. The molecule has 0 unspecified atom stereocenters. The van der Waals surface area contributed by atoms with Gasteiger partial charge in [0.15, 0.2) is 0 Å². The zero-order valence-electron chi connectivity index (χ0n) is 14.9. The third kappa shape index (κ3) is 5.23. The highest BCUT2D eigenvalue weighted by molar-refractivity contribution is 6.35. The van der Waals surface area contributed by atoms with E-state index in [4.69, 9.17) is 34.8 Å². The van der Waals surface area contributed by atoms with Crippen LogP contribution in [0.25, 0.3) is 10.9 Å². The first kappa shape index (κ1) is 20.6. The Bertz CT molecular complexity index is 1060. The Hall–Kier alpha value is -2.12. The Kier molecular flexibility index (Phi) is 6.57. The normalized spacial score (nSPS) is 11.2. The van der Waals surface area contributed by atoms with Crippen LogP contribution in [0.2, 0.25) is 15.1 Å². The Morgan fingerprint density at radius 3 is 2.50 bits per heavy atom. The minimum absolute atomic E-state index is 0.109. The fraction of sp³-hybridized carbons (Fsp3) is 0.211. The molecule has 28 heavy (non-hydrogen) atoms. The number of aromatic amines is 1. The number of aromatic nitrogens is 2. The van der Waals surface area contributed by atoms with E-state index < -0.39 is 0 Å². The molecule has 0 aliphatic rings. The average molecular weight is 440 g/mol. The van der Waals surface area contributed by atoms with Gasteiger partial charge in [-0.05, 0) is 42.9 Å². The molecule has 1 heterocycles. The van der Waals surface area contributed by atoms with Crippen LogP contribution < -0.4 is 10.9 Å². The van der Waals surface area contributed by atoms with Gasteiger partial charge in [-0.25, -0.2) is 4.98 Å². The monoisotopic (exact) mass is 438 g/mol. The number of nitrogens with one attached hydrogen (secondary N) is 2. The molecule has 6 nitrogen and oxygen atoms in total. The molecular formula is C19H17Cl3N4O2. The second kappa shape index (κ2) is 8.92. The number of fused-ring (bicyclic) bond motifs is 1. The van der Waals surface area contributed by atoms with Crippen molar-refractivity contribution in [3.05, 3.63) is 67.6 Å². The van der Waals surface area contributed by atoms with Gasteiger partial charge >= 0.3 is 0 Å². The van der Waals surface area contributed by atoms with Crippen LogP contribution in [-0.4, -0.2) is 33.9 Å². The van der Waals surface area contributed by atoms with E-state index in [-0.39, 0.29) is 18.0 Å². The topological polar surface area (TPSA) is 78.1 Å². The third-order valence-corrected chi connectivity index (χ3v) is 4.72. The van der Waals surface area contributed by atoms with Gasteiger partial charge in [0.25, 0.3) is 5.56 Å². The highest BCUT2D eigenvalue weighted by Crippen LogP contribution is 2.22. The highest BCUT2D eigenvalue weighted by atomic mass is 35.5. The summed E-state index contributed by atoms with van der Waals surface area (Å²) in [6, 6.07) is 9.74. The molecule has 2 aromatic carbocycles. The van der Waals surface area contributed by atoms with E-state index in [1.54, 1.807) is 36.4 Å². The number of benzene rings is 2. The Labute approximate surface area is 176 Å². The molecule has 3 rings (SSSR count). The largest absolute Gasteiger partial charge is 0.325 e. The van der Waals surface area contributed by atoms with Gasteiger partial charge in [-0.1, -0.05) is 41.7 Å². The number of anilines is 1. The fourth-order valence-electron chi connectivity index (χ4n) is 2.76. The van der Waals surface area contributed by atoms with Gasteiger partial charge in [0.1, 0.15) is 5.82 Å². The van der Waals surface area contributed by atoms with Gasteiger partial charge in [0.2, 0.25) is 5.91 Å². The molecule has 146 valence electrons. The quantitative estimate of drug-likeness (QED) is 0.599. The maximum Gasteiger partial charge on any atom is 0.258 e. The van der Waals surface area contributed by atoms with Crippen molar-refractivity contribution in [3.63, 3.8) is 0 Å². The average Bonchev–Trinajstić information content (AvgIpc) is 2.59. The number of rotatable bonds is 6. The Morgan fingerprint density at radius 2 is 1.82 bits per heavy atom. The van der Waals surface area contributed by atoms with E-state index in [0.717, 1.165) is 0 Å². The molecule has 0 atom stereocenters. The molecule has 1 amide bonds. The lowest BCUT2D eigenvalue weighted by Crippen LogP contribution is -2.33. The minimum atomic E-state index is -0.245. The van der Waals surface area contributed by atoms with E-state index in [1.165, 1.54) is 0 Å². The summed E-state index contributed by atoms with van der Waals surface area (Å²) >= 11 is 17.9. The van der Waals surface area contributed by atoms with Gasteiger partial charge in [0, 0.05) is 20.8 Å². The molecule has 2 N–H and O–H groups in total. The smallest absolute Gasteiger partial charge is 0.258 e. The summed E-state index contributed by atoms with van der Waals surface area (Å²) in [6.45, 7) is 2.91. The summed E-state index contributed by atoms with van der Waals surface area (Å²) in [5.74, 6) is 0.228. The van der Waals surface area contributed by atoms with E-state index in [1.807, 2.05) is 11.8 Å². The van der Waals surface area contributed by atoms with Crippen molar-refractivity contribution in [2.45, 2.75) is 13.5 Å². The molecule has 0 fully saturated rings. The standard InChI is InChI=1S/C19H17Cl3N4O2/c1-2-26(10-18(27)23-14-6-12(21)5-13(22)7-14)9-17-24-16-8-11(20)3-4-15(16)19(28)25-17/h3-8H,2,9-10H2,1H3,(H,23,27)(H,24,25,28). The lowest BCUT2D eigenvalue weighted by Gasteiger charge is -2.19. The number of nitrogens with zero attached hydrogens (tertiary/aromatic N) is 2. The summed E-state index contributed by atoms with van der Waals surface area (Å²) in [7, 11) is 0. The fourth-order valence-corrected chi connectivity index (χ4v) is 3.45. The van der Waals surface area contributed by atoms with Crippen LogP contribution in [0, 0.1) is 0 Å². The first-order valence-corrected chi connectivity index (χ1v) is 9.64. The van der Waals surface area contributed by atoms with Crippen molar-refractivity contribution >= 4 is 57.3 Å². The second-order valence-corrected chi connectivity index (χ2v) is 7.49. The predicted octanol–water partition coefficient (Wildman–Crippen LogP) is 4.34. The molecule has 3 aromatic rings. The van der Waals surface area contributed by atoms with Crippen LogP contribution >= 0.6 is 34.8 Å². The third-order valence-electron chi connectivity index (χ3n) is 4.05. The number of hydrogen-bond acceptors (Lipinski definition) is 4. The molecule has 0 saturated heterocycles. The van der Waals surface area contributed by atoms with Crippen LogP contribution in [0.3, 0.4) is 0 Å². The van der Waals surface area contributed by atoms with Gasteiger partial charge in [-0.2, -0.15) is 0 Å². The van der Waals surface area contributed by atoms with Crippen molar-refractivity contribution < 1.29 is 4.79 Å². The first-order chi connectivity index (χ1) is 13.3. The SMILES string of the molecule is CCN(CC(=O)Nc1cc(Cl)cc(Cl)c1)Cc1nc2cc(Cl)ccc2c(=O)[nH]1. The number of H-pyrrole nitrogens is 1. The van der Waals surface area contributed by atoms with Crippen molar-refractivity contribution in [3.8, 4) is 0 Å². The summed E-state index contributed by atoms with van der Waals surface area (Å²) in [4.78, 5) is 33.7. The molecular weight excluding hydrogens is 423 g/mol. The van der Waals surface area contributed by atoms with Gasteiger partial charge in [-0.3, -0.25) is 14.5 Å². The molecule has 0 bridgehead atoms. The first-order valence-electron chi connectivity index (χ1n) is 8.51. The summed E-state index contributed by atoms with van der Waals surface area (Å²) < 4.78 is 0. The summed E-state index contributed by atoms with van der Waals surface area (Å²) in [5, 5.41) is 4.60. The number of likely N-dealkylation sites (N-methyl/N-ethyl adjacent to an activating group) is 1. The molecule has 0 aliphatic carbocycles. The van der Waals surface area contributed by atoms with E-state index in [0.29, 0.717) is 50.6 Å².